The zero-order valence-electron chi connectivity index (χ0n) is 15.7. The molecule has 0 bridgehead atoms. The molecule has 7 nitrogen and oxygen atoms in total. The topological polar surface area (TPSA) is 78.7 Å². The third-order valence-corrected chi connectivity index (χ3v) is 5.53. The molecule has 1 saturated carbocycles. The number of amides is 3. The van der Waals surface area contributed by atoms with Gasteiger partial charge in [0.05, 0.1) is 0 Å². The molecule has 1 aromatic carbocycles. The van der Waals surface area contributed by atoms with E-state index in [1.165, 1.54) is 19.3 Å². The molecule has 7 heteroatoms. The van der Waals surface area contributed by atoms with Crippen LogP contribution in [-0.2, 0) is 0 Å². The lowest BCUT2D eigenvalue weighted by molar-refractivity contribution is 0.0662. The quantitative estimate of drug-likeness (QED) is 0.882. The molecule has 3 amide bonds. The lowest BCUT2D eigenvalue weighted by Gasteiger charge is -2.36. The number of aromatic nitrogens is 1. The largest absolute Gasteiger partial charge is 0.441 e. The Balaban J connectivity index is 1.33. The minimum absolute atomic E-state index is 0.00699. The highest BCUT2D eigenvalue weighted by molar-refractivity contribution is 5.97. The van der Waals surface area contributed by atoms with Gasteiger partial charge in [0.2, 0.25) is 0 Å². The fourth-order valence-corrected chi connectivity index (χ4v) is 3.98. The van der Waals surface area contributed by atoms with Crippen molar-refractivity contribution < 1.29 is 14.0 Å². The van der Waals surface area contributed by atoms with Crippen molar-refractivity contribution in [2.75, 3.05) is 26.2 Å². The number of nitrogens with zero attached hydrogens (tertiary/aromatic N) is 3. The van der Waals surface area contributed by atoms with E-state index < -0.39 is 0 Å². The molecule has 144 valence electrons. The van der Waals surface area contributed by atoms with Gasteiger partial charge in [-0.1, -0.05) is 19.3 Å². The second-order valence-corrected chi connectivity index (χ2v) is 7.48. The number of oxazole rings is 1. The minimum Gasteiger partial charge on any atom is -0.441 e. The highest BCUT2D eigenvalue weighted by Crippen LogP contribution is 2.20. The van der Waals surface area contributed by atoms with Gasteiger partial charge in [0, 0.05) is 44.7 Å². The normalized spacial score (nSPS) is 18.7. The lowest BCUT2D eigenvalue weighted by Crippen LogP contribution is -2.54. The van der Waals surface area contributed by atoms with Crippen LogP contribution in [0.2, 0.25) is 0 Å². The molecule has 1 N–H and O–H groups in total. The van der Waals surface area contributed by atoms with Gasteiger partial charge in [0.15, 0.2) is 11.5 Å². The molecule has 2 aliphatic rings. The van der Waals surface area contributed by atoms with Gasteiger partial charge in [-0.15, -0.1) is 0 Å². The van der Waals surface area contributed by atoms with Crippen molar-refractivity contribution in [1.29, 1.82) is 0 Å². The molecule has 2 fully saturated rings. The van der Waals surface area contributed by atoms with Crippen LogP contribution in [0.5, 0.6) is 0 Å². The van der Waals surface area contributed by atoms with Gasteiger partial charge >= 0.3 is 6.03 Å². The summed E-state index contributed by atoms with van der Waals surface area (Å²) >= 11 is 0. The Kier molecular flexibility index (Phi) is 5.01. The third-order valence-electron chi connectivity index (χ3n) is 5.53. The number of fused-ring (bicyclic) bond motifs is 1. The van der Waals surface area contributed by atoms with E-state index in [4.69, 9.17) is 4.42 Å². The van der Waals surface area contributed by atoms with Crippen molar-refractivity contribution in [2.24, 2.45) is 0 Å². The van der Waals surface area contributed by atoms with Crippen LogP contribution in [0.1, 0.15) is 48.4 Å². The van der Waals surface area contributed by atoms with Crippen LogP contribution in [0.4, 0.5) is 4.79 Å². The van der Waals surface area contributed by atoms with Crippen LogP contribution in [0.3, 0.4) is 0 Å². The first-order chi connectivity index (χ1) is 13.1. The zero-order valence-corrected chi connectivity index (χ0v) is 15.7. The van der Waals surface area contributed by atoms with Crippen LogP contribution in [0.15, 0.2) is 22.6 Å². The lowest BCUT2D eigenvalue weighted by atomic mass is 9.96. The molecule has 4 rings (SSSR count). The summed E-state index contributed by atoms with van der Waals surface area (Å²) in [5.74, 6) is 0.561. The summed E-state index contributed by atoms with van der Waals surface area (Å²) in [5, 5.41) is 3.15. The van der Waals surface area contributed by atoms with E-state index in [9.17, 15) is 9.59 Å². The predicted molar refractivity (Wildman–Crippen MR) is 102 cm³/mol. The molecule has 1 aromatic heterocycles. The first-order valence-corrected chi connectivity index (χ1v) is 9.82. The highest BCUT2D eigenvalue weighted by Gasteiger charge is 2.26. The summed E-state index contributed by atoms with van der Waals surface area (Å²) in [4.78, 5) is 33.1. The average molecular weight is 370 g/mol. The van der Waals surface area contributed by atoms with Crippen molar-refractivity contribution in [3.8, 4) is 0 Å². The summed E-state index contributed by atoms with van der Waals surface area (Å²) < 4.78 is 5.52. The van der Waals surface area contributed by atoms with Crippen molar-refractivity contribution in [3.63, 3.8) is 0 Å². The van der Waals surface area contributed by atoms with E-state index in [0.717, 1.165) is 18.4 Å². The Bertz CT molecular complexity index is 833. The molecule has 1 aliphatic heterocycles. The molecule has 0 atom stereocenters. The van der Waals surface area contributed by atoms with Gasteiger partial charge in [0.25, 0.3) is 5.91 Å². The summed E-state index contributed by atoms with van der Waals surface area (Å²) in [7, 11) is 0. The fraction of sp³-hybridized carbons (Fsp3) is 0.550. The Labute approximate surface area is 158 Å². The fourth-order valence-electron chi connectivity index (χ4n) is 3.98. The summed E-state index contributed by atoms with van der Waals surface area (Å²) in [6.07, 6.45) is 5.82. The van der Waals surface area contributed by atoms with Gasteiger partial charge in [0.1, 0.15) is 5.52 Å². The first-order valence-electron chi connectivity index (χ1n) is 9.82. The van der Waals surface area contributed by atoms with E-state index in [-0.39, 0.29) is 11.9 Å². The van der Waals surface area contributed by atoms with E-state index in [1.807, 2.05) is 11.0 Å². The summed E-state index contributed by atoms with van der Waals surface area (Å²) in [6.45, 7) is 4.01. The number of nitrogens with one attached hydrogen (secondary N) is 1. The molecule has 2 aromatic rings. The molecule has 1 aliphatic carbocycles. The molecular weight excluding hydrogens is 344 g/mol. The summed E-state index contributed by atoms with van der Waals surface area (Å²) in [5.41, 5.74) is 1.98. The number of aryl methyl sites for hydroxylation is 1. The number of carbonyl (C=O) groups is 2. The number of rotatable bonds is 2. The predicted octanol–water partition coefficient (Wildman–Crippen LogP) is 2.94. The van der Waals surface area contributed by atoms with Gasteiger partial charge in [-0.25, -0.2) is 9.78 Å². The van der Waals surface area contributed by atoms with Gasteiger partial charge < -0.3 is 19.5 Å². The maximum absolute atomic E-state index is 12.8. The smallest absolute Gasteiger partial charge is 0.317 e. The Morgan fingerprint density at radius 1 is 1.07 bits per heavy atom. The number of urea groups is 1. The highest BCUT2D eigenvalue weighted by atomic mass is 16.3. The monoisotopic (exact) mass is 370 g/mol. The zero-order chi connectivity index (χ0) is 18.8. The number of hydrogen-bond donors (Lipinski definition) is 1. The number of piperazine rings is 1. The summed E-state index contributed by atoms with van der Waals surface area (Å²) in [6, 6.07) is 5.66. The SMILES string of the molecule is Cc1nc2ccc(C(=O)N3CCN(C(=O)NC4CCCCC4)CC3)cc2o1. The van der Waals surface area contributed by atoms with Crippen molar-refractivity contribution in [2.45, 2.75) is 45.1 Å². The van der Waals surface area contributed by atoms with Crippen molar-refractivity contribution >= 4 is 23.0 Å². The van der Waals surface area contributed by atoms with Crippen molar-refractivity contribution in [1.82, 2.24) is 20.1 Å². The number of hydrogen-bond acceptors (Lipinski definition) is 4. The second kappa shape index (κ2) is 7.58. The van der Waals surface area contributed by atoms with Crippen molar-refractivity contribution in [3.05, 3.63) is 29.7 Å². The molecule has 27 heavy (non-hydrogen) atoms. The molecular formula is C20H26N4O3. The van der Waals surface area contributed by atoms with E-state index in [1.54, 1.807) is 24.0 Å². The van der Waals surface area contributed by atoms with E-state index >= 15 is 0 Å². The average Bonchev–Trinajstić information content (AvgIpc) is 3.07. The van der Waals surface area contributed by atoms with Crippen LogP contribution in [0.25, 0.3) is 11.1 Å². The Morgan fingerprint density at radius 3 is 2.52 bits per heavy atom. The molecule has 2 heterocycles. The van der Waals surface area contributed by atoms with Crippen LogP contribution in [-0.4, -0.2) is 58.9 Å². The molecule has 0 spiro atoms. The molecule has 1 saturated heterocycles. The minimum atomic E-state index is -0.0294. The van der Waals surface area contributed by atoms with E-state index in [0.29, 0.717) is 49.3 Å². The maximum Gasteiger partial charge on any atom is 0.317 e. The van der Waals surface area contributed by atoms with E-state index in [2.05, 4.69) is 10.3 Å². The standard InChI is InChI=1S/C20H26N4O3/c1-14-21-17-8-7-15(13-18(17)27-14)19(25)23-9-11-24(12-10-23)20(26)22-16-5-3-2-4-6-16/h7-8,13,16H,2-6,9-12H2,1H3,(H,22,26). The maximum atomic E-state index is 12.8. The number of carbonyl (C=O) groups excluding carboxylic acids is 2. The van der Waals surface area contributed by atoms with Gasteiger partial charge in [-0.3, -0.25) is 4.79 Å². The molecule has 0 unspecified atom stereocenters. The second-order valence-electron chi connectivity index (χ2n) is 7.48. The number of benzene rings is 1. The molecule has 0 radical (unpaired) electrons. The van der Waals surface area contributed by atoms with Gasteiger partial charge in [-0.05, 0) is 31.0 Å². The van der Waals surface area contributed by atoms with Crippen LogP contribution < -0.4 is 5.32 Å². The van der Waals surface area contributed by atoms with Crippen LogP contribution in [0, 0.1) is 6.92 Å². The Hall–Kier alpha value is -2.57. The third kappa shape index (κ3) is 3.91. The van der Waals surface area contributed by atoms with Gasteiger partial charge in [-0.2, -0.15) is 0 Å². The van der Waals surface area contributed by atoms with Crippen LogP contribution >= 0.6 is 0 Å². The Morgan fingerprint density at radius 2 is 1.78 bits per heavy atom. The first kappa shape index (κ1) is 17.8.